The smallest absolute Gasteiger partial charge is 0.680 e. The van der Waals surface area contributed by atoms with Crippen LogP contribution in [0.3, 0.4) is 0 Å². The van der Waals surface area contributed by atoms with E-state index in [1.54, 1.807) is 0 Å². The molecule has 8 heteroatoms. The van der Waals surface area contributed by atoms with Crippen molar-refractivity contribution >= 4 is 20.3 Å². The van der Waals surface area contributed by atoms with Crippen LogP contribution in [0.1, 0.15) is 0 Å². The molecule has 0 fully saturated rings. The van der Waals surface area contributed by atoms with Gasteiger partial charge in [-0.2, -0.15) is 0 Å². The quantitative estimate of drug-likeness (QED) is 0.334. The van der Waals surface area contributed by atoms with Gasteiger partial charge in [-0.15, -0.1) is 0 Å². The number of rotatable bonds is 2. The minimum absolute atomic E-state index is 0. The zero-order valence-corrected chi connectivity index (χ0v) is 5.45. The summed E-state index contributed by atoms with van der Waals surface area (Å²) in [5, 5.41) is 22.0. The average Bonchev–Trinajstić information content (AvgIpc) is 1.67. The molecule has 0 saturated carbocycles. The summed E-state index contributed by atoms with van der Waals surface area (Å²) in [4.78, 5) is 17.2. The normalized spacial score (nSPS) is 5.40. The van der Waals surface area contributed by atoms with Gasteiger partial charge in [-0.3, -0.25) is 0 Å². The Morgan fingerprint density at radius 1 is 1.30 bits per heavy atom. The molecule has 0 radical (unpaired) electrons. The monoisotopic (exact) mass is 192 g/mol. The molecule has 0 unspecified atom stereocenters. The van der Waals surface area contributed by atoms with E-state index in [-0.39, 0.29) is 16.5 Å². The number of carbonyl (C=O) groups excluding carboxylic acids is 1. The number of hydrogen-bond donors (Lipinski definition) is 3. The maximum absolute atomic E-state index is 8.95. The zero-order chi connectivity index (χ0) is 7.70. The maximum atomic E-state index is 8.95. The van der Waals surface area contributed by atoms with Crippen molar-refractivity contribution < 1.29 is 45.9 Å². The van der Waals surface area contributed by atoms with Crippen LogP contribution in [0.4, 0.5) is 0 Å². The molecular weight excluding hydrogens is 190 g/mol. The van der Waals surface area contributed by atoms with Gasteiger partial charge in [-0.25, -0.2) is 0 Å². The van der Waals surface area contributed by atoms with Crippen molar-refractivity contribution in [3.8, 4) is 0 Å². The Morgan fingerprint density at radius 3 is 1.60 bits per heavy atom. The number of hydrogen-bond acceptors (Lipinski definition) is 5. The molecule has 0 bridgehead atoms. The van der Waals surface area contributed by atoms with Crippen LogP contribution >= 0.6 is 0 Å². The van der Waals surface area contributed by atoms with Crippen molar-refractivity contribution in [3.63, 3.8) is 0 Å². The molecular formula is C2H3BNiO6. The molecule has 6 nitrogen and oxygen atoms in total. The molecule has 0 aliphatic rings. The van der Waals surface area contributed by atoms with E-state index < -0.39 is 7.32 Å². The van der Waals surface area contributed by atoms with E-state index in [2.05, 4.69) is 4.65 Å². The van der Waals surface area contributed by atoms with Gasteiger partial charge >= 0.3 is 23.8 Å². The van der Waals surface area contributed by atoms with Crippen molar-refractivity contribution in [1.82, 2.24) is 0 Å². The van der Waals surface area contributed by atoms with Gasteiger partial charge in [0.25, 0.3) is 0 Å². The second-order valence-electron chi connectivity index (χ2n) is 0.619. The first-order valence-electron chi connectivity index (χ1n) is 1.59. The Morgan fingerprint density at radius 2 is 1.60 bits per heavy atom. The minimum Gasteiger partial charge on any atom is -0.680 e. The average molecular weight is 193 g/mol. The van der Waals surface area contributed by atoms with E-state index >= 15 is 0 Å². The summed E-state index contributed by atoms with van der Waals surface area (Å²) in [5.74, 6) is 0. The van der Waals surface area contributed by atoms with Crippen LogP contribution in [0, 0.1) is 0 Å². The van der Waals surface area contributed by atoms with Gasteiger partial charge in [0.1, 0.15) is 0 Å². The summed E-state index contributed by atoms with van der Waals surface area (Å²) in [6.45, 7) is 1.32. The predicted molar refractivity (Wildman–Crippen MR) is 25.3 cm³/mol. The second-order valence-corrected chi connectivity index (χ2v) is 0.619. The minimum atomic E-state index is -2.03. The van der Waals surface area contributed by atoms with E-state index in [1.165, 1.54) is 0 Å². The standard InChI is InChI=1S/CH2BO4.CHO2.Ni/c3-1-6-2(4)5;2-1-3;/h4-5H;(H,2,3);/q2*-1;+2. The topological polar surface area (TPSA) is 104 Å². The summed E-state index contributed by atoms with van der Waals surface area (Å²) in [7, 11) is -2.03. The van der Waals surface area contributed by atoms with Crippen LogP contribution in [0.25, 0.3) is 0 Å². The third kappa shape index (κ3) is 52.3. The predicted octanol–water partition coefficient (Wildman–Crippen LogP) is -2.35. The van der Waals surface area contributed by atoms with Gasteiger partial charge in [-0.1, -0.05) is 12.9 Å². The SMILES string of the molecule is O=[C-]O.O=[C-]OB(O)O.[Ni+2]. The fourth-order valence-corrected chi connectivity index (χ4v) is 0.0430. The Kier molecular flexibility index (Phi) is 25.6. The first-order valence-corrected chi connectivity index (χ1v) is 1.59. The zero-order valence-electron chi connectivity index (χ0n) is 4.46. The molecule has 0 aliphatic carbocycles. The molecule has 3 N–H and O–H groups in total. The van der Waals surface area contributed by atoms with E-state index in [0.717, 1.165) is 6.47 Å². The molecule has 10 heavy (non-hydrogen) atoms. The Balaban J connectivity index is -0.000000107. The largest absolute Gasteiger partial charge is 2.00 e. The molecule has 0 aliphatic heterocycles. The van der Waals surface area contributed by atoms with E-state index in [4.69, 9.17) is 24.7 Å². The van der Waals surface area contributed by atoms with Crippen molar-refractivity contribution in [1.29, 1.82) is 0 Å². The Hall–Kier alpha value is -0.582. The summed E-state index contributed by atoms with van der Waals surface area (Å²) >= 11 is 0. The van der Waals surface area contributed by atoms with Gasteiger partial charge in [0.15, 0.2) is 0 Å². The molecule has 60 valence electrons. The molecule has 0 aromatic carbocycles. The molecule has 0 rings (SSSR count). The summed E-state index contributed by atoms with van der Waals surface area (Å²) in [6, 6.07) is 0. The van der Waals surface area contributed by atoms with Gasteiger partial charge in [0.05, 0.1) is 0 Å². The van der Waals surface area contributed by atoms with Crippen molar-refractivity contribution in [2.75, 3.05) is 0 Å². The van der Waals surface area contributed by atoms with Crippen LogP contribution in [0.15, 0.2) is 0 Å². The van der Waals surface area contributed by atoms with Gasteiger partial charge in [0, 0.05) is 0 Å². The van der Waals surface area contributed by atoms with Crippen LogP contribution in [0.5, 0.6) is 0 Å². The third-order valence-corrected chi connectivity index (χ3v) is 0.154. The van der Waals surface area contributed by atoms with E-state index in [9.17, 15) is 0 Å². The third-order valence-electron chi connectivity index (χ3n) is 0.154. The van der Waals surface area contributed by atoms with Crippen LogP contribution in [-0.4, -0.2) is 35.4 Å². The fourth-order valence-electron chi connectivity index (χ4n) is 0.0430. The van der Waals surface area contributed by atoms with E-state index in [0.29, 0.717) is 6.47 Å². The second kappa shape index (κ2) is 15.8. The van der Waals surface area contributed by atoms with Crippen molar-refractivity contribution in [2.45, 2.75) is 0 Å². The van der Waals surface area contributed by atoms with E-state index in [1.807, 2.05) is 0 Å². The number of aliphatic hydroxyl groups excluding tert-OH is 1. The summed E-state index contributed by atoms with van der Waals surface area (Å²) < 4.78 is 3.35. The molecule has 0 spiro atoms. The molecule has 0 atom stereocenters. The first-order chi connectivity index (χ1) is 4.18. The maximum Gasteiger partial charge on any atom is 2.00 e. The van der Waals surface area contributed by atoms with Crippen molar-refractivity contribution in [2.24, 2.45) is 0 Å². The van der Waals surface area contributed by atoms with Gasteiger partial charge < -0.3 is 29.4 Å². The molecule has 0 saturated heterocycles. The Bertz CT molecular complexity index is 76.1. The van der Waals surface area contributed by atoms with Crippen LogP contribution < -0.4 is 0 Å². The van der Waals surface area contributed by atoms with Crippen molar-refractivity contribution in [3.05, 3.63) is 0 Å². The molecule has 0 aromatic heterocycles. The molecule has 0 aromatic rings. The van der Waals surface area contributed by atoms with Gasteiger partial charge in [-0.05, 0) is 0 Å². The first kappa shape index (κ1) is 16.2. The molecule has 0 amide bonds. The van der Waals surface area contributed by atoms with Crippen LogP contribution in [-0.2, 0) is 30.7 Å². The van der Waals surface area contributed by atoms with Gasteiger partial charge in [0.2, 0.25) is 0 Å². The summed E-state index contributed by atoms with van der Waals surface area (Å²) in [6.07, 6.45) is 0. The molecule has 0 heterocycles. The van der Waals surface area contributed by atoms with Crippen LogP contribution in [0.2, 0.25) is 0 Å². The fraction of sp³-hybridized carbons (Fsp3) is 0. The summed E-state index contributed by atoms with van der Waals surface area (Å²) in [5.41, 5.74) is 0. The Labute approximate surface area is 66.9 Å².